The summed E-state index contributed by atoms with van der Waals surface area (Å²) in [5.74, 6) is 0.901. The van der Waals surface area contributed by atoms with Gasteiger partial charge in [-0.25, -0.2) is 0 Å². The number of anilines is 4. The molecule has 0 aliphatic rings. The van der Waals surface area contributed by atoms with Gasteiger partial charge in [-0.05, 0) is 42.8 Å². The molecule has 0 saturated heterocycles. The van der Waals surface area contributed by atoms with Crippen molar-refractivity contribution in [2.45, 2.75) is 84.0 Å². The van der Waals surface area contributed by atoms with Gasteiger partial charge in [0.1, 0.15) is 5.75 Å². The third-order valence-corrected chi connectivity index (χ3v) is 5.52. The van der Waals surface area contributed by atoms with E-state index in [0.29, 0.717) is 11.4 Å². The lowest BCUT2D eigenvalue weighted by atomic mass is 10.1. The van der Waals surface area contributed by atoms with E-state index in [0.717, 1.165) is 30.2 Å². The minimum absolute atomic E-state index is 0.641. The van der Waals surface area contributed by atoms with Crippen LogP contribution < -0.4 is 21.5 Å². The highest BCUT2D eigenvalue weighted by Gasteiger charge is 2.04. The summed E-state index contributed by atoms with van der Waals surface area (Å²) in [7, 11) is 0. The average molecular weight is 412 g/mol. The van der Waals surface area contributed by atoms with Crippen LogP contribution >= 0.6 is 0 Å². The zero-order valence-electron chi connectivity index (χ0n) is 18.8. The first-order chi connectivity index (χ1) is 14.7. The normalized spacial score (nSPS) is 10.8. The topological polar surface area (TPSA) is 73.3 Å². The molecule has 0 saturated carbocycles. The fourth-order valence-corrected chi connectivity index (χ4v) is 3.65. The lowest BCUT2D eigenvalue weighted by molar-refractivity contribution is 0.304. The van der Waals surface area contributed by atoms with Crippen LogP contribution in [0, 0.1) is 0 Å². The molecule has 0 aromatic heterocycles. The van der Waals surface area contributed by atoms with E-state index in [1.54, 1.807) is 0 Å². The SMILES string of the molecule is CCCCCCCCCCCCCCOc1ccc(Nc2c(N)cccc2N)cc1. The van der Waals surface area contributed by atoms with E-state index in [1.165, 1.54) is 70.6 Å². The molecule has 0 bridgehead atoms. The highest BCUT2D eigenvalue weighted by Crippen LogP contribution is 2.29. The van der Waals surface area contributed by atoms with Crippen molar-refractivity contribution in [2.24, 2.45) is 0 Å². The second kappa shape index (κ2) is 14.6. The van der Waals surface area contributed by atoms with Gasteiger partial charge in [0, 0.05) is 5.69 Å². The van der Waals surface area contributed by atoms with Gasteiger partial charge in [0.15, 0.2) is 0 Å². The van der Waals surface area contributed by atoms with Crippen LogP contribution in [0.15, 0.2) is 42.5 Å². The molecule has 4 nitrogen and oxygen atoms in total. The number of ether oxygens (including phenoxy) is 1. The molecule has 0 spiro atoms. The van der Waals surface area contributed by atoms with Crippen molar-refractivity contribution in [1.29, 1.82) is 0 Å². The predicted molar refractivity (Wildman–Crippen MR) is 132 cm³/mol. The minimum Gasteiger partial charge on any atom is -0.494 e. The number of nitrogen functional groups attached to an aromatic ring is 2. The van der Waals surface area contributed by atoms with Crippen LogP contribution in [0.3, 0.4) is 0 Å². The van der Waals surface area contributed by atoms with Crippen molar-refractivity contribution < 1.29 is 4.74 Å². The van der Waals surface area contributed by atoms with Gasteiger partial charge in [0.25, 0.3) is 0 Å². The van der Waals surface area contributed by atoms with E-state index < -0.39 is 0 Å². The Kier molecular flexibility index (Phi) is 11.6. The van der Waals surface area contributed by atoms with Gasteiger partial charge < -0.3 is 21.5 Å². The monoisotopic (exact) mass is 411 g/mol. The second-order valence-electron chi connectivity index (χ2n) is 8.20. The summed E-state index contributed by atoms with van der Waals surface area (Å²) >= 11 is 0. The van der Waals surface area contributed by atoms with Crippen LogP contribution in [0.5, 0.6) is 5.75 Å². The van der Waals surface area contributed by atoms with Crippen molar-refractivity contribution in [1.82, 2.24) is 0 Å². The summed E-state index contributed by atoms with van der Waals surface area (Å²) in [6.45, 7) is 3.06. The molecule has 0 aliphatic carbocycles. The van der Waals surface area contributed by atoms with Gasteiger partial charge in [-0.15, -0.1) is 0 Å². The van der Waals surface area contributed by atoms with Gasteiger partial charge in [-0.2, -0.15) is 0 Å². The quantitative estimate of drug-likeness (QED) is 0.196. The zero-order chi connectivity index (χ0) is 21.4. The van der Waals surface area contributed by atoms with Crippen molar-refractivity contribution in [2.75, 3.05) is 23.4 Å². The Labute approximate surface area is 183 Å². The minimum atomic E-state index is 0.641. The maximum Gasteiger partial charge on any atom is 0.119 e. The molecular formula is C26H41N3O. The van der Waals surface area contributed by atoms with Crippen LogP contribution in [-0.2, 0) is 0 Å². The molecule has 0 heterocycles. The molecule has 2 rings (SSSR count). The lowest BCUT2D eigenvalue weighted by Gasteiger charge is -2.12. The van der Waals surface area contributed by atoms with E-state index >= 15 is 0 Å². The number of benzene rings is 2. The Balaban J connectivity index is 1.51. The number of nitrogens with two attached hydrogens (primary N) is 2. The van der Waals surface area contributed by atoms with Crippen LogP contribution in [0.1, 0.15) is 84.0 Å². The Bertz CT molecular complexity index is 680. The van der Waals surface area contributed by atoms with Gasteiger partial charge >= 0.3 is 0 Å². The maximum absolute atomic E-state index is 5.99. The summed E-state index contributed by atoms with van der Waals surface area (Å²) in [5.41, 5.74) is 15.0. The molecule has 2 aromatic carbocycles. The number of nitrogens with one attached hydrogen (secondary N) is 1. The van der Waals surface area contributed by atoms with E-state index in [1.807, 2.05) is 42.5 Å². The fraction of sp³-hybridized carbons (Fsp3) is 0.538. The smallest absolute Gasteiger partial charge is 0.119 e. The molecule has 5 N–H and O–H groups in total. The zero-order valence-corrected chi connectivity index (χ0v) is 18.8. The molecule has 0 fully saturated rings. The van der Waals surface area contributed by atoms with E-state index in [9.17, 15) is 0 Å². The third-order valence-electron chi connectivity index (χ3n) is 5.52. The summed E-state index contributed by atoms with van der Waals surface area (Å²) in [6.07, 6.45) is 16.3. The van der Waals surface area contributed by atoms with Crippen LogP contribution in [0.2, 0.25) is 0 Å². The summed E-state index contributed by atoms with van der Waals surface area (Å²) < 4.78 is 5.87. The lowest BCUT2D eigenvalue weighted by Crippen LogP contribution is -2.01. The fourth-order valence-electron chi connectivity index (χ4n) is 3.65. The summed E-state index contributed by atoms with van der Waals surface area (Å²) in [4.78, 5) is 0. The van der Waals surface area contributed by atoms with Crippen LogP contribution in [-0.4, -0.2) is 6.61 Å². The van der Waals surface area contributed by atoms with Crippen molar-refractivity contribution in [3.05, 3.63) is 42.5 Å². The van der Waals surface area contributed by atoms with Gasteiger partial charge in [-0.1, -0.05) is 83.6 Å². The van der Waals surface area contributed by atoms with Gasteiger partial charge in [-0.3, -0.25) is 0 Å². The molecule has 0 atom stereocenters. The number of para-hydroxylation sites is 1. The number of hydrogen-bond acceptors (Lipinski definition) is 4. The molecular weight excluding hydrogens is 370 g/mol. The third kappa shape index (κ3) is 9.43. The number of rotatable bonds is 16. The number of hydrogen-bond donors (Lipinski definition) is 3. The standard InChI is InChI=1S/C26H41N3O/c1-2-3-4-5-6-7-8-9-10-11-12-13-21-30-23-19-17-22(18-20-23)29-26-24(27)15-14-16-25(26)28/h14-20,29H,2-13,21,27-28H2,1H3. The second-order valence-corrected chi connectivity index (χ2v) is 8.20. The molecule has 2 aromatic rings. The van der Waals surface area contributed by atoms with Crippen LogP contribution in [0.25, 0.3) is 0 Å². The van der Waals surface area contributed by atoms with Crippen LogP contribution in [0.4, 0.5) is 22.7 Å². The number of unbranched alkanes of at least 4 members (excludes halogenated alkanes) is 11. The Hall–Kier alpha value is -2.36. The van der Waals surface area contributed by atoms with E-state index in [-0.39, 0.29) is 0 Å². The first-order valence-electron chi connectivity index (χ1n) is 11.8. The van der Waals surface area contributed by atoms with Crippen molar-refractivity contribution in [3.63, 3.8) is 0 Å². The van der Waals surface area contributed by atoms with E-state index in [2.05, 4.69) is 12.2 Å². The molecule has 30 heavy (non-hydrogen) atoms. The average Bonchev–Trinajstić information content (AvgIpc) is 2.75. The molecule has 0 unspecified atom stereocenters. The van der Waals surface area contributed by atoms with Crippen molar-refractivity contribution >= 4 is 22.7 Å². The Morgan fingerprint density at radius 1 is 0.667 bits per heavy atom. The summed E-state index contributed by atoms with van der Waals surface area (Å²) in [5, 5.41) is 3.28. The largest absolute Gasteiger partial charge is 0.494 e. The molecule has 0 amide bonds. The summed E-state index contributed by atoms with van der Waals surface area (Å²) in [6, 6.07) is 13.5. The first kappa shape index (κ1) is 23.9. The highest BCUT2D eigenvalue weighted by atomic mass is 16.5. The van der Waals surface area contributed by atoms with Crippen molar-refractivity contribution in [3.8, 4) is 5.75 Å². The molecule has 0 radical (unpaired) electrons. The maximum atomic E-state index is 5.99. The molecule has 166 valence electrons. The molecule has 4 heteroatoms. The Morgan fingerprint density at radius 2 is 1.17 bits per heavy atom. The Morgan fingerprint density at radius 3 is 1.70 bits per heavy atom. The van der Waals surface area contributed by atoms with Gasteiger partial charge in [0.2, 0.25) is 0 Å². The van der Waals surface area contributed by atoms with Gasteiger partial charge in [0.05, 0.1) is 23.7 Å². The molecule has 0 aliphatic heterocycles. The van der Waals surface area contributed by atoms with E-state index in [4.69, 9.17) is 16.2 Å². The first-order valence-corrected chi connectivity index (χ1v) is 11.8. The predicted octanol–water partition coefficient (Wildman–Crippen LogP) is 7.67. The highest BCUT2D eigenvalue weighted by molar-refractivity contribution is 5.83.